The highest BCUT2D eigenvalue weighted by Gasteiger charge is 2.46. The lowest BCUT2D eigenvalue weighted by molar-refractivity contribution is -0.0274. The SMILES string of the molecule is CC1CC(c2ccccc2)(N(C)CCC#N)C(C)CN1C. The number of piperidine rings is 1. The highest BCUT2D eigenvalue weighted by Crippen LogP contribution is 2.43. The molecule has 1 heterocycles. The lowest BCUT2D eigenvalue weighted by Gasteiger charge is -2.54. The van der Waals surface area contributed by atoms with Gasteiger partial charge in [0.2, 0.25) is 0 Å². The van der Waals surface area contributed by atoms with E-state index in [0.29, 0.717) is 18.4 Å². The van der Waals surface area contributed by atoms with Crippen molar-refractivity contribution < 1.29 is 0 Å². The van der Waals surface area contributed by atoms with Crippen molar-refractivity contribution >= 4 is 0 Å². The van der Waals surface area contributed by atoms with Gasteiger partial charge in [0.25, 0.3) is 0 Å². The molecule has 0 aromatic heterocycles. The van der Waals surface area contributed by atoms with E-state index in [4.69, 9.17) is 5.26 Å². The van der Waals surface area contributed by atoms with E-state index in [1.807, 2.05) is 0 Å². The third kappa shape index (κ3) is 2.97. The Hall–Kier alpha value is -1.37. The maximum Gasteiger partial charge on any atom is 0.0635 e. The molecule has 2 rings (SSSR count). The zero-order chi connectivity index (χ0) is 15.5. The first kappa shape index (κ1) is 16.0. The Morgan fingerprint density at radius 3 is 2.62 bits per heavy atom. The topological polar surface area (TPSA) is 30.3 Å². The van der Waals surface area contributed by atoms with Gasteiger partial charge in [0, 0.05) is 25.6 Å². The second-order valence-corrected chi connectivity index (χ2v) is 6.51. The number of hydrogen-bond donors (Lipinski definition) is 0. The predicted octanol–water partition coefficient (Wildman–Crippen LogP) is 3.09. The lowest BCUT2D eigenvalue weighted by Crippen LogP contribution is -2.59. The quantitative estimate of drug-likeness (QED) is 0.851. The summed E-state index contributed by atoms with van der Waals surface area (Å²) >= 11 is 0. The molecule has 0 spiro atoms. The van der Waals surface area contributed by atoms with Crippen molar-refractivity contribution in [2.24, 2.45) is 5.92 Å². The molecule has 0 aliphatic carbocycles. The first-order valence-electron chi connectivity index (χ1n) is 7.86. The predicted molar refractivity (Wildman–Crippen MR) is 86.9 cm³/mol. The van der Waals surface area contributed by atoms with Gasteiger partial charge in [-0.05, 0) is 38.9 Å². The Morgan fingerprint density at radius 2 is 2.00 bits per heavy atom. The second kappa shape index (κ2) is 6.60. The van der Waals surface area contributed by atoms with E-state index in [9.17, 15) is 0 Å². The molecule has 1 aliphatic rings. The van der Waals surface area contributed by atoms with Gasteiger partial charge >= 0.3 is 0 Å². The maximum atomic E-state index is 8.94. The molecule has 3 atom stereocenters. The number of rotatable bonds is 4. The minimum absolute atomic E-state index is 0.0318. The van der Waals surface area contributed by atoms with E-state index in [1.54, 1.807) is 0 Å². The molecule has 0 saturated carbocycles. The Labute approximate surface area is 129 Å². The molecule has 0 bridgehead atoms. The fourth-order valence-corrected chi connectivity index (χ4v) is 3.87. The summed E-state index contributed by atoms with van der Waals surface area (Å²) in [5.41, 5.74) is 1.42. The van der Waals surface area contributed by atoms with Crippen LogP contribution in [0.1, 0.15) is 32.3 Å². The molecule has 114 valence electrons. The fourth-order valence-electron chi connectivity index (χ4n) is 3.87. The Kier molecular flexibility index (Phi) is 5.03. The Bertz CT molecular complexity index is 493. The van der Waals surface area contributed by atoms with Gasteiger partial charge in [0.05, 0.1) is 11.6 Å². The molecular weight excluding hydrogens is 258 g/mol. The van der Waals surface area contributed by atoms with Crippen LogP contribution in [-0.4, -0.2) is 43.0 Å². The van der Waals surface area contributed by atoms with Gasteiger partial charge in [-0.3, -0.25) is 4.90 Å². The van der Waals surface area contributed by atoms with Crippen molar-refractivity contribution in [2.45, 2.75) is 38.3 Å². The van der Waals surface area contributed by atoms with Crippen LogP contribution in [0.15, 0.2) is 30.3 Å². The normalized spacial score (nSPS) is 30.3. The van der Waals surface area contributed by atoms with Crippen LogP contribution in [0.5, 0.6) is 0 Å². The summed E-state index contributed by atoms with van der Waals surface area (Å²) < 4.78 is 0. The van der Waals surface area contributed by atoms with Crippen LogP contribution in [0.2, 0.25) is 0 Å². The standard InChI is InChI=1S/C18H27N3/c1-15-14-20(3)16(2)13-18(15,21(4)12-8-11-19)17-9-6-5-7-10-17/h5-7,9-10,15-16H,8,12-14H2,1-4H3. The largest absolute Gasteiger partial charge is 0.303 e. The first-order chi connectivity index (χ1) is 10.0. The summed E-state index contributed by atoms with van der Waals surface area (Å²) in [6.45, 7) is 6.57. The van der Waals surface area contributed by atoms with Crippen molar-refractivity contribution in [1.82, 2.24) is 9.80 Å². The molecule has 3 unspecified atom stereocenters. The number of likely N-dealkylation sites (tertiary alicyclic amines) is 1. The molecule has 3 nitrogen and oxygen atoms in total. The van der Waals surface area contributed by atoms with Gasteiger partial charge < -0.3 is 4.90 Å². The van der Waals surface area contributed by atoms with Gasteiger partial charge in [-0.25, -0.2) is 0 Å². The van der Waals surface area contributed by atoms with Crippen LogP contribution in [-0.2, 0) is 5.54 Å². The average Bonchev–Trinajstić information content (AvgIpc) is 2.49. The van der Waals surface area contributed by atoms with E-state index in [1.165, 1.54) is 5.56 Å². The van der Waals surface area contributed by atoms with Crippen LogP contribution in [0, 0.1) is 17.2 Å². The van der Waals surface area contributed by atoms with Crippen LogP contribution in [0.25, 0.3) is 0 Å². The summed E-state index contributed by atoms with van der Waals surface area (Å²) in [6.07, 6.45) is 1.69. The van der Waals surface area contributed by atoms with E-state index < -0.39 is 0 Å². The van der Waals surface area contributed by atoms with Gasteiger partial charge in [0.15, 0.2) is 0 Å². The molecular formula is C18H27N3. The molecule has 0 amide bonds. The number of hydrogen-bond acceptors (Lipinski definition) is 3. The summed E-state index contributed by atoms with van der Waals surface area (Å²) in [5, 5.41) is 8.94. The summed E-state index contributed by atoms with van der Waals surface area (Å²) in [6, 6.07) is 13.7. The average molecular weight is 285 g/mol. The van der Waals surface area contributed by atoms with E-state index in [0.717, 1.165) is 19.5 Å². The van der Waals surface area contributed by atoms with Gasteiger partial charge in [-0.2, -0.15) is 5.26 Å². The lowest BCUT2D eigenvalue weighted by atomic mass is 9.70. The van der Waals surface area contributed by atoms with Gasteiger partial charge in [-0.1, -0.05) is 37.3 Å². The molecule has 21 heavy (non-hydrogen) atoms. The molecule has 1 aromatic carbocycles. The Morgan fingerprint density at radius 1 is 1.33 bits per heavy atom. The first-order valence-corrected chi connectivity index (χ1v) is 7.86. The third-order valence-electron chi connectivity index (χ3n) is 5.25. The zero-order valence-corrected chi connectivity index (χ0v) is 13.7. The van der Waals surface area contributed by atoms with Crippen LogP contribution in [0.3, 0.4) is 0 Å². The summed E-state index contributed by atoms with van der Waals surface area (Å²) in [5.74, 6) is 0.532. The monoisotopic (exact) mass is 285 g/mol. The molecule has 0 N–H and O–H groups in total. The molecule has 1 aliphatic heterocycles. The molecule has 1 aromatic rings. The fraction of sp³-hybridized carbons (Fsp3) is 0.611. The number of benzene rings is 1. The van der Waals surface area contributed by atoms with E-state index in [2.05, 4.69) is 74.1 Å². The molecule has 3 heteroatoms. The smallest absolute Gasteiger partial charge is 0.0635 e. The van der Waals surface area contributed by atoms with Crippen LogP contribution in [0.4, 0.5) is 0 Å². The van der Waals surface area contributed by atoms with Gasteiger partial charge in [0.1, 0.15) is 0 Å². The minimum atomic E-state index is 0.0318. The summed E-state index contributed by atoms with van der Waals surface area (Å²) in [7, 11) is 4.39. The number of nitrogens with zero attached hydrogens (tertiary/aromatic N) is 3. The van der Waals surface area contributed by atoms with Crippen molar-refractivity contribution in [3.8, 4) is 6.07 Å². The zero-order valence-electron chi connectivity index (χ0n) is 13.7. The van der Waals surface area contributed by atoms with E-state index >= 15 is 0 Å². The number of nitriles is 1. The maximum absolute atomic E-state index is 8.94. The second-order valence-electron chi connectivity index (χ2n) is 6.51. The van der Waals surface area contributed by atoms with Gasteiger partial charge in [-0.15, -0.1) is 0 Å². The van der Waals surface area contributed by atoms with Crippen LogP contribution >= 0.6 is 0 Å². The molecule has 1 saturated heterocycles. The molecule has 0 radical (unpaired) electrons. The highest BCUT2D eigenvalue weighted by molar-refractivity contribution is 5.27. The van der Waals surface area contributed by atoms with Crippen molar-refractivity contribution in [3.63, 3.8) is 0 Å². The Balaban J connectivity index is 2.41. The van der Waals surface area contributed by atoms with Crippen LogP contribution < -0.4 is 0 Å². The van der Waals surface area contributed by atoms with E-state index in [-0.39, 0.29) is 5.54 Å². The van der Waals surface area contributed by atoms with Crippen molar-refractivity contribution in [1.29, 1.82) is 5.26 Å². The molecule has 1 fully saturated rings. The summed E-state index contributed by atoms with van der Waals surface area (Å²) in [4.78, 5) is 4.86. The third-order valence-corrected chi connectivity index (χ3v) is 5.25. The van der Waals surface area contributed by atoms with Crippen molar-refractivity contribution in [2.75, 3.05) is 27.2 Å². The van der Waals surface area contributed by atoms with Crippen molar-refractivity contribution in [3.05, 3.63) is 35.9 Å². The minimum Gasteiger partial charge on any atom is -0.303 e. The highest BCUT2D eigenvalue weighted by atomic mass is 15.2.